The fourth-order valence-corrected chi connectivity index (χ4v) is 8.50. The van der Waals surface area contributed by atoms with Crippen molar-refractivity contribution in [2.45, 2.75) is 70.2 Å². The van der Waals surface area contributed by atoms with Crippen LogP contribution < -0.4 is 15.6 Å². The quantitative estimate of drug-likeness (QED) is 0.189. The number of alkyl halides is 3. The van der Waals surface area contributed by atoms with Crippen LogP contribution in [0, 0.1) is 6.92 Å². The van der Waals surface area contributed by atoms with Crippen LogP contribution in [-0.4, -0.2) is 72.2 Å². The highest BCUT2D eigenvalue weighted by molar-refractivity contribution is 6.33. The van der Waals surface area contributed by atoms with Crippen LogP contribution in [0.4, 0.5) is 18.9 Å². The number of likely N-dealkylation sites (tertiary alicyclic amines) is 1. The zero-order valence-electron chi connectivity index (χ0n) is 31.1. The minimum Gasteiger partial charge on any atom is -0.485 e. The molecule has 0 unspecified atom stereocenters. The van der Waals surface area contributed by atoms with E-state index in [1.807, 2.05) is 43.3 Å². The molecule has 3 aromatic heterocycles. The average molecular weight is 803 g/mol. The first-order chi connectivity index (χ1) is 27.3. The Bertz CT molecular complexity index is 2480. The number of piperidine rings is 1. The Morgan fingerprint density at radius 2 is 1.88 bits per heavy atom. The molecule has 1 aliphatic carbocycles. The molecule has 1 saturated heterocycles. The highest BCUT2D eigenvalue weighted by Crippen LogP contribution is 2.50. The Labute approximate surface area is 329 Å². The van der Waals surface area contributed by atoms with Crippen LogP contribution >= 0.6 is 11.6 Å². The Hall–Kier alpha value is -5.61. The third kappa shape index (κ3) is 7.27. The second-order valence-electron chi connectivity index (χ2n) is 14.7. The van der Waals surface area contributed by atoms with E-state index < -0.39 is 23.1 Å². The van der Waals surface area contributed by atoms with Crippen LogP contribution in [0.15, 0.2) is 65.7 Å². The second kappa shape index (κ2) is 15.0. The fourth-order valence-electron chi connectivity index (χ4n) is 8.28. The third-order valence-electron chi connectivity index (χ3n) is 11.0. The number of carbonyl (C=O) groups is 2. The Morgan fingerprint density at radius 1 is 1.11 bits per heavy atom. The summed E-state index contributed by atoms with van der Waals surface area (Å²) in [5.74, 6) is -0.276. The van der Waals surface area contributed by atoms with Gasteiger partial charge in [0, 0.05) is 29.8 Å². The first-order valence-electron chi connectivity index (χ1n) is 18.6. The average Bonchev–Trinajstić information content (AvgIpc) is 3.77. The molecular weight excluding hydrogens is 765 g/mol. The largest absolute Gasteiger partial charge is 0.485 e. The molecule has 3 aliphatic rings. The van der Waals surface area contributed by atoms with Gasteiger partial charge in [-0.25, -0.2) is 9.97 Å². The van der Waals surface area contributed by atoms with Crippen LogP contribution in [0.1, 0.15) is 82.9 Å². The van der Waals surface area contributed by atoms with Crippen LogP contribution in [0.5, 0.6) is 5.75 Å². The van der Waals surface area contributed by atoms with E-state index in [-0.39, 0.29) is 52.7 Å². The van der Waals surface area contributed by atoms with E-state index in [0.717, 1.165) is 29.3 Å². The minimum absolute atomic E-state index is 0.00644. The molecule has 1 atom stereocenters. The monoisotopic (exact) mass is 802 g/mol. The maximum atomic E-state index is 14.6. The lowest BCUT2D eigenvalue weighted by Gasteiger charge is -2.39. The van der Waals surface area contributed by atoms with Crippen LogP contribution in [-0.2, 0) is 34.3 Å². The van der Waals surface area contributed by atoms with Crippen molar-refractivity contribution >= 4 is 40.5 Å². The lowest BCUT2D eigenvalue weighted by molar-refractivity contribution is -0.137. The standard InChI is InChI=1S/C40H38ClF3N8O5/c1-23-19-39(12-14-50(15-13-39)37(55)32-34(24(2)45-22-46-32)57-21-25-6-4-3-5-7-25)31-33(23)51(20-30(53)47-29-9-8-27(18-28(29)41)40(42,43)44)38-48-35(49-52(38)36(31)54)26-10-16-56-17-11-26/h3-10,18,22-23H,11-17,19-21H2,1-2H3,(H,47,53)/t23-/m1/s1. The molecule has 2 aromatic carbocycles. The normalized spacial score (nSPS) is 17.8. The molecular formula is C40H38ClF3N8O5. The molecule has 5 heterocycles. The molecule has 13 nitrogen and oxygen atoms in total. The SMILES string of the molecule is Cc1ncnc(C(=O)N2CCC3(CC2)C[C@@H](C)c2c3c(=O)n3nc(C4=CCOCC4)nc3n2CC(=O)Nc2ccc(C(F)(F)F)cc2Cl)c1OCc1ccccc1. The van der Waals surface area contributed by atoms with Crippen LogP contribution in [0.25, 0.3) is 11.4 Å². The number of anilines is 1. The molecule has 8 rings (SSSR count). The number of carbonyl (C=O) groups excluding carboxylic acids is 2. The molecule has 1 N–H and O–H groups in total. The van der Waals surface area contributed by atoms with Crippen molar-refractivity contribution in [1.82, 2.24) is 34.0 Å². The maximum absolute atomic E-state index is 14.6. The van der Waals surface area contributed by atoms with E-state index in [1.54, 1.807) is 16.4 Å². The van der Waals surface area contributed by atoms with Gasteiger partial charge in [-0.1, -0.05) is 54.9 Å². The minimum atomic E-state index is -4.61. The number of fused-ring (bicyclic) bond motifs is 3. The molecule has 17 heteroatoms. The number of nitrogens with one attached hydrogen (secondary N) is 1. The lowest BCUT2D eigenvalue weighted by Crippen LogP contribution is -2.47. The topological polar surface area (TPSA) is 146 Å². The first-order valence-corrected chi connectivity index (χ1v) is 19.0. The van der Waals surface area contributed by atoms with E-state index >= 15 is 0 Å². The summed E-state index contributed by atoms with van der Waals surface area (Å²) in [4.78, 5) is 57.5. The summed E-state index contributed by atoms with van der Waals surface area (Å²) in [5, 5.41) is 7.02. The molecule has 296 valence electrons. The Kier molecular flexibility index (Phi) is 10.1. The smallest absolute Gasteiger partial charge is 0.416 e. The zero-order chi connectivity index (χ0) is 40.1. The predicted molar refractivity (Wildman–Crippen MR) is 203 cm³/mol. The predicted octanol–water partition coefficient (Wildman–Crippen LogP) is 6.36. The molecule has 0 bridgehead atoms. The number of ether oxygens (including phenoxy) is 2. The molecule has 57 heavy (non-hydrogen) atoms. The van der Waals surface area contributed by atoms with Gasteiger partial charge >= 0.3 is 6.18 Å². The molecule has 5 aromatic rings. The van der Waals surface area contributed by atoms with Crippen molar-refractivity contribution < 1.29 is 32.2 Å². The first kappa shape index (κ1) is 38.3. The fraction of sp³-hybridized carbons (Fsp3) is 0.375. The number of benzene rings is 2. The van der Waals surface area contributed by atoms with E-state index in [9.17, 15) is 27.6 Å². The van der Waals surface area contributed by atoms with Crippen molar-refractivity contribution in [1.29, 1.82) is 0 Å². The molecule has 1 fully saturated rings. The number of hydrogen-bond donors (Lipinski definition) is 1. The number of hydrogen-bond acceptors (Lipinski definition) is 9. The summed E-state index contributed by atoms with van der Waals surface area (Å²) in [7, 11) is 0. The molecule has 0 saturated carbocycles. The van der Waals surface area contributed by atoms with Crippen molar-refractivity contribution in [2.24, 2.45) is 0 Å². The van der Waals surface area contributed by atoms with E-state index in [2.05, 4.69) is 20.4 Å². The number of aryl methyl sites for hydroxylation is 1. The van der Waals surface area contributed by atoms with E-state index in [4.69, 9.17) is 26.1 Å². The summed E-state index contributed by atoms with van der Waals surface area (Å²) in [6.07, 6.45) is 0.616. The summed E-state index contributed by atoms with van der Waals surface area (Å²) < 4.78 is 54.4. The van der Waals surface area contributed by atoms with Gasteiger partial charge in [0.25, 0.3) is 11.5 Å². The van der Waals surface area contributed by atoms with Crippen molar-refractivity contribution in [3.63, 3.8) is 0 Å². The summed E-state index contributed by atoms with van der Waals surface area (Å²) >= 11 is 6.18. The summed E-state index contributed by atoms with van der Waals surface area (Å²) in [6.45, 7) is 5.14. The van der Waals surface area contributed by atoms with Gasteiger partial charge in [-0.15, -0.1) is 5.10 Å². The Balaban J connectivity index is 1.11. The van der Waals surface area contributed by atoms with Gasteiger partial charge in [-0.2, -0.15) is 22.7 Å². The van der Waals surface area contributed by atoms with Crippen molar-refractivity contribution in [2.75, 3.05) is 31.6 Å². The van der Waals surface area contributed by atoms with Crippen molar-refractivity contribution in [3.05, 3.63) is 116 Å². The highest BCUT2D eigenvalue weighted by Gasteiger charge is 2.49. The number of nitrogens with zero attached hydrogens (tertiary/aromatic N) is 7. The van der Waals surface area contributed by atoms with Crippen LogP contribution in [0.3, 0.4) is 0 Å². The van der Waals surface area contributed by atoms with E-state index in [1.165, 1.54) is 10.8 Å². The number of aromatic nitrogens is 6. The lowest BCUT2D eigenvalue weighted by atomic mass is 9.73. The van der Waals surface area contributed by atoms with Gasteiger partial charge in [0.2, 0.25) is 11.7 Å². The van der Waals surface area contributed by atoms with Gasteiger partial charge < -0.3 is 24.3 Å². The van der Waals surface area contributed by atoms with Crippen LogP contribution in [0.2, 0.25) is 5.02 Å². The Morgan fingerprint density at radius 3 is 2.58 bits per heavy atom. The van der Waals surface area contributed by atoms with Gasteiger partial charge in [-0.3, -0.25) is 14.4 Å². The molecule has 2 aliphatic heterocycles. The van der Waals surface area contributed by atoms with Crippen molar-refractivity contribution in [3.8, 4) is 5.75 Å². The maximum Gasteiger partial charge on any atom is 0.416 e. The summed E-state index contributed by atoms with van der Waals surface area (Å²) in [5.41, 5.74) is 1.64. The zero-order valence-corrected chi connectivity index (χ0v) is 31.9. The third-order valence-corrected chi connectivity index (χ3v) is 11.3. The second-order valence-corrected chi connectivity index (χ2v) is 15.1. The summed E-state index contributed by atoms with van der Waals surface area (Å²) in [6, 6.07) is 12.3. The molecule has 2 amide bonds. The highest BCUT2D eigenvalue weighted by atomic mass is 35.5. The molecule has 1 spiro atoms. The number of amides is 2. The number of rotatable bonds is 8. The van der Waals surface area contributed by atoms with Gasteiger partial charge in [0.1, 0.15) is 19.5 Å². The van der Waals surface area contributed by atoms with Gasteiger partial charge in [0.15, 0.2) is 17.3 Å². The number of halogens is 4. The molecule has 0 radical (unpaired) electrons. The van der Waals surface area contributed by atoms with Gasteiger partial charge in [-0.05, 0) is 67.9 Å². The van der Waals surface area contributed by atoms with E-state index in [0.29, 0.717) is 80.5 Å². The van der Waals surface area contributed by atoms with Gasteiger partial charge in [0.05, 0.1) is 35.2 Å².